The van der Waals surface area contributed by atoms with Crippen molar-refractivity contribution in [3.8, 4) is 22.8 Å². The Kier molecular flexibility index (Phi) is 5.86. The van der Waals surface area contributed by atoms with Gasteiger partial charge in [-0.2, -0.15) is 0 Å². The molecular formula is C24H27NO4. The smallest absolute Gasteiger partial charge is 0.197 e. The zero-order valence-corrected chi connectivity index (χ0v) is 17.1. The van der Waals surface area contributed by atoms with Crippen LogP contribution >= 0.6 is 0 Å². The minimum Gasteiger partial charge on any atom is -0.496 e. The number of benzene rings is 2. The summed E-state index contributed by atoms with van der Waals surface area (Å²) in [6.45, 7) is 5.94. The van der Waals surface area contributed by atoms with Crippen LogP contribution in [0.3, 0.4) is 0 Å². The second kappa shape index (κ2) is 8.70. The fraction of sp³-hybridized carbons (Fsp3) is 0.375. The Morgan fingerprint density at radius 1 is 1.03 bits per heavy atom. The number of aryl methyl sites for hydroxylation is 1. The number of nitrogens with zero attached hydrogens (tertiary/aromatic N) is 1. The monoisotopic (exact) mass is 393 g/mol. The number of fused-ring (bicyclic) bond motifs is 1. The molecule has 0 aliphatic carbocycles. The van der Waals surface area contributed by atoms with Crippen molar-refractivity contribution in [2.75, 3.05) is 33.4 Å². The number of piperidine rings is 1. The summed E-state index contributed by atoms with van der Waals surface area (Å²) in [6, 6.07) is 12.9. The number of rotatable bonds is 6. The van der Waals surface area contributed by atoms with Crippen LogP contribution < -0.4 is 14.9 Å². The molecule has 0 N–H and O–H groups in total. The van der Waals surface area contributed by atoms with Crippen molar-refractivity contribution < 1.29 is 13.9 Å². The average Bonchev–Trinajstić information content (AvgIpc) is 2.74. The summed E-state index contributed by atoms with van der Waals surface area (Å²) in [7, 11) is 1.56. The van der Waals surface area contributed by atoms with E-state index in [4.69, 9.17) is 13.9 Å². The maximum Gasteiger partial charge on any atom is 0.197 e. The van der Waals surface area contributed by atoms with Gasteiger partial charge in [-0.1, -0.05) is 6.42 Å². The molecule has 152 valence electrons. The number of likely N-dealkylation sites (tertiary alicyclic amines) is 1. The molecule has 2 heterocycles. The van der Waals surface area contributed by atoms with Crippen LogP contribution in [0.4, 0.5) is 0 Å². The first kappa shape index (κ1) is 19.5. The van der Waals surface area contributed by atoms with Crippen molar-refractivity contribution in [2.45, 2.75) is 26.2 Å². The lowest BCUT2D eigenvalue weighted by molar-refractivity contribution is 0.183. The molecule has 1 fully saturated rings. The zero-order chi connectivity index (χ0) is 20.2. The second-order valence-electron chi connectivity index (χ2n) is 7.59. The van der Waals surface area contributed by atoms with Gasteiger partial charge in [0, 0.05) is 18.2 Å². The van der Waals surface area contributed by atoms with Gasteiger partial charge in [0.1, 0.15) is 34.8 Å². The van der Waals surface area contributed by atoms with Crippen LogP contribution in [0.2, 0.25) is 0 Å². The quantitative estimate of drug-likeness (QED) is 0.611. The van der Waals surface area contributed by atoms with Gasteiger partial charge < -0.3 is 13.9 Å². The summed E-state index contributed by atoms with van der Waals surface area (Å²) >= 11 is 0. The van der Waals surface area contributed by atoms with Crippen LogP contribution in [0.15, 0.2) is 51.7 Å². The average molecular weight is 393 g/mol. The van der Waals surface area contributed by atoms with Gasteiger partial charge in [0.15, 0.2) is 5.43 Å². The molecule has 0 unspecified atom stereocenters. The molecule has 0 radical (unpaired) electrons. The minimum atomic E-state index is -0.111. The topological polar surface area (TPSA) is 51.9 Å². The molecule has 0 spiro atoms. The van der Waals surface area contributed by atoms with Crippen LogP contribution in [0.25, 0.3) is 22.3 Å². The van der Waals surface area contributed by atoms with Gasteiger partial charge in [-0.15, -0.1) is 0 Å². The number of hydrogen-bond donors (Lipinski definition) is 0. The van der Waals surface area contributed by atoms with Gasteiger partial charge >= 0.3 is 0 Å². The largest absolute Gasteiger partial charge is 0.496 e. The summed E-state index contributed by atoms with van der Waals surface area (Å²) in [5.74, 6) is 1.90. The van der Waals surface area contributed by atoms with E-state index >= 15 is 0 Å². The molecule has 5 heteroatoms. The van der Waals surface area contributed by atoms with Crippen LogP contribution in [0, 0.1) is 6.92 Å². The van der Waals surface area contributed by atoms with Gasteiger partial charge in [-0.25, -0.2) is 0 Å². The Bertz CT molecular complexity index is 1030. The van der Waals surface area contributed by atoms with Gasteiger partial charge in [0.25, 0.3) is 0 Å². The Balaban J connectivity index is 1.50. The third-order valence-electron chi connectivity index (χ3n) is 5.42. The lowest BCUT2D eigenvalue weighted by Gasteiger charge is -2.26. The molecule has 3 aromatic rings. The lowest BCUT2D eigenvalue weighted by atomic mass is 10.1. The summed E-state index contributed by atoms with van der Waals surface area (Å²) in [4.78, 5) is 15.1. The number of hydrogen-bond acceptors (Lipinski definition) is 5. The molecule has 0 saturated carbocycles. The highest BCUT2D eigenvalue weighted by Crippen LogP contribution is 2.29. The molecule has 1 saturated heterocycles. The minimum absolute atomic E-state index is 0.111. The van der Waals surface area contributed by atoms with Crippen molar-refractivity contribution in [1.82, 2.24) is 4.90 Å². The molecule has 0 bridgehead atoms. The maximum absolute atomic E-state index is 12.7. The molecule has 1 aliphatic heterocycles. The van der Waals surface area contributed by atoms with E-state index in [9.17, 15) is 4.79 Å². The second-order valence-corrected chi connectivity index (χ2v) is 7.59. The highest BCUT2D eigenvalue weighted by molar-refractivity contribution is 5.85. The Labute approximate surface area is 170 Å². The van der Waals surface area contributed by atoms with E-state index < -0.39 is 0 Å². The van der Waals surface area contributed by atoms with Gasteiger partial charge in [-0.3, -0.25) is 9.69 Å². The van der Waals surface area contributed by atoms with E-state index in [-0.39, 0.29) is 5.43 Å². The molecule has 4 rings (SSSR count). The first-order valence-corrected chi connectivity index (χ1v) is 10.2. The van der Waals surface area contributed by atoms with Crippen molar-refractivity contribution in [2.24, 2.45) is 0 Å². The highest BCUT2D eigenvalue weighted by Gasteiger charge is 2.13. The first-order chi connectivity index (χ1) is 14.1. The predicted octanol–water partition coefficient (Wildman–Crippen LogP) is 4.64. The summed E-state index contributed by atoms with van der Waals surface area (Å²) in [5.41, 5.74) is 2.24. The van der Waals surface area contributed by atoms with E-state index in [2.05, 4.69) is 4.90 Å². The SMILES string of the molecule is COc1cc(C)cc2oc(-c3ccc(OCCN4CCCCC4)cc3)cc(=O)c12. The standard InChI is InChI=1S/C24H27NO4/c1-17-14-22(27-2)24-20(26)16-21(29-23(24)15-17)18-6-8-19(9-7-18)28-13-12-25-10-4-3-5-11-25/h6-9,14-16H,3-5,10-13H2,1-2H3. The molecule has 0 amide bonds. The molecule has 1 aliphatic rings. The summed E-state index contributed by atoms with van der Waals surface area (Å²) in [5, 5.41) is 0.472. The van der Waals surface area contributed by atoms with Gasteiger partial charge in [0.05, 0.1) is 7.11 Å². The molecule has 29 heavy (non-hydrogen) atoms. The van der Waals surface area contributed by atoms with E-state index in [1.54, 1.807) is 7.11 Å². The fourth-order valence-electron chi connectivity index (χ4n) is 3.88. The molecule has 2 aromatic carbocycles. The van der Waals surface area contributed by atoms with Crippen LogP contribution in [0.5, 0.6) is 11.5 Å². The normalized spacial score (nSPS) is 14.8. The molecule has 1 aromatic heterocycles. The third-order valence-corrected chi connectivity index (χ3v) is 5.42. The van der Waals surface area contributed by atoms with Crippen LogP contribution in [0.1, 0.15) is 24.8 Å². The van der Waals surface area contributed by atoms with Crippen LogP contribution in [-0.4, -0.2) is 38.3 Å². The van der Waals surface area contributed by atoms with Gasteiger partial charge in [-0.05, 0) is 74.8 Å². The van der Waals surface area contributed by atoms with Crippen molar-refractivity contribution in [3.05, 3.63) is 58.3 Å². The highest BCUT2D eigenvalue weighted by atomic mass is 16.5. The third kappa shape index (κ3) is 4.46. The number of ether oxygens (including phenoxy) is 2. The Morgan fingerprint density at radius 2 is 1.79 bits per heavy atom. The van der Waals surface area contributed by atoms with Crippen molar-refractivity contribution in [3.63, 3.8) is 0 Å². The lowest BCUT2D eigenvalue weighted by Crippen LogP contribution is -2.33. The van der Waals surface area contributed by atoms with E-state index in [0.29, 0.717) is 29.1 Å². The first-order valence-electron chi connectivity index (χ1n) is 10.2. The van der Waals surface area contributed by atoms with Crippen LogP contribution in [-0.2, 0) is 0 Å². The predicted molar refractivity (Wildman–Crippen MR) is 115 cm³/mol. The zero-order valence-electron chi connectivity index (χ0n) is 17.1. The molecule has 0 atom stereocenters. The molecule has 5 nitrogen and oxygen atoms in total. The summed E-state index contributed by atoms with van der Waals surface area (Å²) in [6.07, 6.45) is 3.92. The summed E-state index contributed by atoms with van der Waals surface area (Å²) < 4.78 is 17.3. The van der Waals surface area contributed by atoms with E-state index in [0.717, 1.165) is 23.4 Å². The molecular weight excluding hydrogens is 366 g/mol. The number of methoxy groups -OCH3 is 1. The Morgan fingerprint density at radius 3 is 2.52 bits per heavy atom. The fourth-order valence-corrected chi connectivity index (χ4v) is 3.88. The Hall–Kier alpha value is -2.79. The van der Waals surface area contributed by atoms with Crippen molar-refractivity contribution >= 4 is 11.0 Å². The maximum atomic E-state index is 12.7. The van der Waals surface area contributed by atoms with Gasteiger partial charge in [0.2, 0.25) is 0 Å². The van der Waals surface area contributed by atoms with E-state index in [1.165, 1.54) is 38.4 Å². The van der Waals surface area contributed by atoms with Crippen molar-refractivity contribution in [1.29, 1.82) is 0 Å². The van der Waals surface area contributed by atoms with E-state index in [1.807, 2.05) is 43.3 Å².